The monoisotopic (exact) mass is 425 g/mol. The van der Waals surface area contributed by atoms with Crippen molar-refractivity contribution >= 4 is 54.7 Å². The largest absolute Gasteiger partial charge is 0.462 e. The molecule has 0 atom stereocenters. The second-order valence-corrected chi connectivity index (χ2v) is 8.21. The number of nitrogens with zero attached hydrogens (tertiary/aromatic N) is 1. The molecule has 5 aromatic rings. The van der Waals surface area contributed by atoms with Gasteiger partial charge in [0, 0.05) is 11.5 Å². The Morgan fingerprint density at radius 1 is 0.812 bits per heavy atom. The lowest BCUT2D eigenvalue weighted by molar-refractivity contribution is -0.383. The van der Waals surface area contributed by atoms with E-state index in [1.165, 1.54) is 0 Å². The van der Waals surface area contributed by atoms with Crippen LogP contribution in [0.15, 0.2) is 60.7 Å². The standard InChI is InChI=1S/C27H23NO4/c1-2-3-4-7-16-32-27(29)26-19-9-6-5-8-18(19)20-12-10-17-11-15-23(28(30)31)21-13-14-22(26)25(20)24(17)21/h5-6,8-15H,2-4,7,16H2,1H3. The van der Waals surface area contributed by atoms with E-state index in [1.807, 2.05) is 42.5 Å². The van der Waals surface area contributed by atoms with Gasteiger partial charge in [-0.3, -0.25) is 10.1 Å². The first-order valence-electron chi connectivity index (χ1n) is 11.1. The number of nitro benzene ring substituents is 1. The number of non-ortho nitro benzene ring substituents is 1. The molecule has 0 N–H and O–H groups in total. The Morgan fingerprint density at radius 3 is 2.31 bits per heavy atom. The summed E-state index contributed by atoms with van der Waals surface area (Å²) in [6.07, 6.45) is 4.12. The van der Waals surface area contributed by atoms with Crippen LogP contribution in [0.25, 0.3) is 43.1 Å². The minimum Gasteiger partial charge on any atom is -0.462 e. The van der Waals surface area contributed by atoms with E-state index in [2.05, 4.69) is 6.92 Å². The molecule has 0 spiro atoms. The molecule has 0 heterocycles. The lowest BCUT2D eigenvalue weighted by atomic mass is 9.87. The van der Waals surface area contributed by atoms with Gasteiger partial charge >= 0.3 is 5.97 Å². The van der Waals surface area contributed by atoms with Crippen LogP contribution in [0.3, 0.4) is 0 Å². The molecule has 0 bridgehead atoms. The van der Waals surface area contributed by atoms with Crippen LogP contribution in [0, 0.1) is 10.1 Å². The first-order valence-corrected chi connectivity index (χ1v) is 11.1. The molecule has 5 aromatic carbocycles. The van der Waals surface area contributed by atoms with Crippen molar-refractivity contribution in [2.45, 2.75) is 32.6 Å². The van der Waals surface area contributed by atoms with Crippen LogP contribution in [-0.2, 0) is 4.74 Å². The molecule has 0 saturated heterocycles. The number of carbonyl (C=O) groups is 1. The van der Waals surface area contributed by atoms with Gasteiger partial charge in [-0.2, -0.15) is 0 Å². The number of fused-ring (bicyclic) bond motifs is 2. The number of hydrogen-bond donors (Lipinski definition) is 0. The third-order valence-electron chi connectivity index (χ3n) is 6.28. The Morgan fingerprint density at radius 2 is 1.53 bits per heavy atom. The molecule has 0 aromatic heterocycles. The van der Waals surface area contributed by atoms with Crippen molar-refractivity contribution in [1.29, 1.82) is 0 Å². The summed E-state index contributed by atoms with van der Waals surface area (Å²) in [5.41, 5.74) is 0.601. The van der Waals surface area contributed by atoms with Gasteiger partial charge in [0.25, 0.3) is 5.69 Å². The molecule has 0 aliphatic rings. The molecule has 0 amide bonds. The van der Waals surface area contributed by atoms with Crippen molar-refractivity contribution in [3.63, 3.8) is 0 Å². The fourth-order valence-electron chi connectivity index (χ4n) is 4.79. The first-order chi connectivity index (χ1) is 15.6. The molecule has 0 fully saturated rings. The number of carbonyl (C=O) groups excluding carboxylic acids is 1. The molecule has 5 heteroatoms. The molecular formula is C27H23NO4. The van der Waals surface area contributed by atoms with Crippen LogP contribution in [0.1, 0.15) is 43.0 Å². The zero-order chi connectivity index (χ0) is 22.2. The summed E-state index contributed by atoms with van der Waals surface area (Å²) in [5, 5.41) is 18.4. The van der Waals surface area contributed by atoms with E-state index in [0.717, 1.165) is 63.4 Å². The Balaban J connectivity index is 1.78. The molecule has 0 aliphatic carbocycles. The lowest BCUT2D eigenvalue weighted by Crippen LogP contribution is -2.08. The number of hydrogen-bond acceptors (Lipinski definition) is 4. The van der Waals surface area contributed by atoms with E-state index in [4.69, 9.17) is 4.74 Å². The minimum absolute atomic E-state index is 0.0695. The van der Waals surface area contributed by atoms with Gasteiger partial charge in [0.2, 0.25) is 0 Å². The van der Waals surface area contributed by atoms with Gasteiger partial charge in [-0.1, -0.05) is 68.7 Å². The Hall–Kier alpha value is -3.73. The molecular weight excluding hydrogens is 402 g/mol. The van der Waals surface area contributed by atoms with Crippen LogP contribution >= 0.6 is 0 Å². The van der Waals surface area contributed by atoms with Gasteiger partial charge in [0.15, 0.2) is 0 Å². The number of ether oxygens (including phenoxy) is 1. The fraction of sp³-hybridized carbons (Fsp3) is 0.222. The molecule has 0 saturated carbocycles. The van der Waals surface area contributed by atoms with Crippen molar-refractivity contribution in [3.8, 4) is 0 Å². The summed E-state index contributed by atoms with van der Waals surface area (Å²) in [5.74, 6) is -0.342. The van der Waals surface area contributed by atoms with Gasteiger partial charge in [0.1, 0.15) is 0 Å². The molecule has 5 nitrogen and oxygen atoms in total. The highest BCUT2D eigenvalue weighted by Crippen LogP contribution is 2.43. The predicted molar refractivity (Wildman–Crippen MR) is 129 cm³/mol. The summed E-state index contributed by atoms with van der Waals surface area (Å²) < 4.78 is 5.69. The number of unbranched alkanes of at least 4 members (excludes halogenated alkanes) is 3. The van der Waals surface area contributed by atoms with Crippen molar-refractivity contribution in [2.75, 3.05) is 6.61 Å². The quantitative estimate of drug-likeness (QED) is 0.0681. The van der Waals surface area contributed by atoms with Gasteiger partial charge in [-0.15, -0.1) is 0 Å². The van der Waals surface area contributed by atoms with E-state index in [9.17, 15) is 14.9 Å². The molecule has 0 aliphatic heterocycles. The maximum absolute atomic E-state index is 13.3. The van der Waals surface area contributed by atoms with E-state index >= 15 is 0 Å². The Labute approximate surface area is 185 Å². The normalized spacial score (nSPS) is 11.7. The average Bonchev–Trinajstić information content (AvgIpc) is 2.81. The third-order valence-corrected chi connectivity index (χ3v) is 6.28. The molecule has 32 heavy (non-hydrogen) atoms. The van der Waals surface area contributed by atoms with Crippen molar-refractivity contribution in [2.24, 2.45) is 0 Å². The molecule has 160 valence electrons. The molecule has 0 radical (unpaired) electrons. The molecule has 0 unspecified atom stereocenters. The van der Waals surface area contributed by atoms with Gasteiger partial charge < -0.3 is 4.74 Å². The smallest absolute Gasteiger partial charge is 0.339 e. The summed E-state index contributed by atoms with van der Waals surface area (Å²) in [4.78, 5) is 24.6. The minimum atomic E-state index is -0.352. The number of benzene rings is 5. The van der Waals surface area contributed by atoms with E-state index < -0.39 is 0 Å². The van der Waals surface area contributed by atoms with Crippen LogP contribution in [0.5, 0.6) is 0 Å². The maximum Gasteiger partial charge on any atom is 0.339 e. The SMILES string of the molecule is CCCCCCOC(=O)c1c2ccccc2c2ccc3ccc([N+](=O)[O-])c4ccc1c2c34. The number of nitro groups is 1. The van der Waals surface area contributed by atoms with E-state index in [0.29, 0.717) is 17.6 Å². The highest BCUT2D eigenvalue weighted by molar-refractivity contribution is 6.34. The van der Waals surface area contributed by atoms with Gasteiger partial charge in [-0.05, 0) is 50.9 Å². The van der Waals surface area contributed by atoms with Crippen molar-refractivity contribution in [1.82, 2.24) is 0 Å². The lowest BCUT2D eigenvalue weighted by Gasteiger charge is -2.17. The third kappa shape index (κ3) is 3.12. The van der Waals surface area contributed by atoms with Crippen LogP contribution in [0.2, 0.25) is 0 Å². The average molecular weight is 425 g/mol. The van der Waals surface area contributed by atoms with Gasteiger partial charge in [-0.25, -0.2) is 4.79 Å². The van der Waals surface area contributed by atoms with Crippen LogP contribution in [-0.4, -0.2) is 17.5 Å². The van der Waals surface area contributed by atoms with Crippen LogP contribution < -0.4 is 0 Å². The van der Waals surface area contributed by atoms with Gasteiger partial charge in [0.05, 0.1) is 22.5 Å². The zero-order valence-electron chi connectivity index (χ0n) is 17.9. The van der Waals surface area contributed by atoms with Crippen molar-refractivity contribution < 1.29 is 14.5 Å². The van der Waals surface area contributed by atoms with E-state index in [-0.39, 0.29) is 16.6 Å². The Kier molecular flexibility index (Phi) is 5.10. The highest BCUT2D eigenvalue weighted by atomic mass is 16.6. The van der Waals surface area contributed by atoms with Crippen molar-refractivity contribution in [3.05, 3.63) is 76.3 Å². The van der Waals surface area contributed by atoms with Crippen LogP contribution in [0.4, 0.5) is 5.69 Å². The highest BCUT2D eigenvalue weighted by Gasteiger charge is 2.23. The summed E-state index contributed by atoms with van der Waals surface area (Å²) in [6.45, 7) is 2.54. The number of esters is 1. The topological polar surface area (TPSA) is 69.4 Å². The predicted octanol–water partition coefficient (Wildman–Crippen LogP) is 7.38. The number of rotatable bonds is 7. The fourth-order valence-corrected chi connectivity index (χ4v) is 4.79. The Bertz CT molecular complexity index is 1490. The second kappa shape index (κ2) is 8.08. The summed E-state index contributed by atoms with van der Waals surface area (Å²) in [7, 11) is 0. The maximum atomic E-state index is 13.3. The first kappa shape index (κ1) is 20.2. The second-order valence-electron chi connectivity index (χ2n) is 8.21. The zero-order valence-corrected chi connectivity index (χ0v) is 17.9. The van der Waals surface area contributed by atoms with E-state index in [1.54, 1.807) is 18.2 Å². The molecule has 5 rings (SSSR count). The summed E-state index contributed by atoms with van der Waals surface area (Å²) >= 11 is 0. The summed E-state index contributed by atoms with van der Waals surface area (Å²) in [6, 6.07) is 18.7.